The average molecular weight is 161 g/mol. The zero-order valence-electron chi connectivity index (χ0n) is 7.05. The van der Waals surface area contributed by atoms with Gasteiger partial charge in [-0.3, -0.25) is 0 Å². The first-order chi connectivity index (χ1) is 5.33. The number of halogens is 1. The van der Waals surface area contributed by atoms with Gasteiger partial charge in [0.2, 0.25) is 0 Å². The highest BCUT2D eigenvalue weighted by molar-refractivity contribution is 4.74. The fourth-order valence-electron chi connectivity index (χ4n) is 1.42. The molecule has 0 spiro atoms. The van der Waals surface area contributed by atoms with Crippen LogP contribution in [0.25, 0.3) is 0 Å². The first kappa shape index (κ1) is 8.94. The van der Waals surface area contributed by atoms with E-state index in [0.717, 1.165) is 26.1 Å². The molecule has 0 aromatic carbocycles. The normalized spacial score (nSPS) is 26.2. The standard InChI is InChI=1S/C8H16FNO/c1-11-6-2-4-10-5-3-8(9)7-10/h8H,2-7H2,1H3/t8-/m0/s1. The van der Waals surface area contributed by atoms with Gasteiger partial charge in [-0.1, -0.05) is 0 Å². The van der Waals surface area contributed by atoms with E-state index < -0.39 is 6.17 Å². The minimum atomic E-state index is -0.586. The van der Waals surface area contributed by atoms with Crippen molar-refractivity contribution in [2.24, 2.45) is 0 Å². The second-order valence-electron chi connectivity index (χ2n) is 3.03. The minimum Gasteiger partial charge on any atom is -0.385 e. The quantitative estimate of drug-likeness (QED) is 0.572. The number of alkyl halides is 1. The fraction of sp³-hybridized carbons (Fsp3) is 1.00. The molecule has 0 radical (unpaired) electrons. The van der Waals surface area contributed by atoms with E-state index in [4.69, 9.17) is 4.74 Å². The van der Waals surface area contributed by atoms with Crippen LogP contribution in [0.3, 0.4) is 0 Å². The van der Waals surface area contributed by atoms with Crippen molar-refractivity contribution in [1.82, 2.24) is 4.90 Å². The van der Waals surface area contributed by atoms with Crippen LogP contribution in [0.5, 0.6) is 0 Å². The number of hydrogen-bond donors (Lipinski definition) is 0. The molecule has 1 heterocycles. The molecule has 0 amide bonds. The Morgan fingerprint density at radius 1 is 1.64 bits per heavy atom. The summed E-state index contributed by atoms with van der Waals surface area (Å²) in [5.74, 6) is 0. The van der Waals surface area contributed by atoms with E-state index in [1.165, 1.54) is 0 Å². The summed E-state index contributed by atoms with van der Waals surface area (Å²) in [6.07, 6.45) is 1.15. The number of methoxy groups -OCH3 is 1. The Balaban J connectivity index is 1.99. The largest absolute Gasteiger partial charge is 0.385 e. The number of rotatable bonds is 4. The lowest BCUT2D eigenvalue weighted by Gasteiger charge is -2.13. The summed E-state index contributed by atoms with van der Waals surface area (Å²) in [5.41, 5.74) is 0. The summed E-state index contributed by atoms with van der Waals surface area (Å²) >= 11 is 0. The number of likely N-dealkylation sites (tertiary alicyclic amines) is 1. The summed E-state index contributed by atoms with van der Waals surface area (Å²) in [5, 5.41) is 0. The molecule has 11 heavy (non-hydrogen) atoms. The second kappa shape index (κ2) is 4.67. The van der Waals surface area contributed by atoms with Gasteiger partial charge in [0.15, 0.2) is 0 Å². The van der Waals surface area contributed by atoms with Crippen LogP contribution in [-0.2, 0) is 4.74 Å². The molecule has 1 atom stereocenters. The molecule has 1 aliphatic rings. The summed E-state index contributed by atoms with van der Waals surface area (Å²) in [6, 6.07) is 0. The van der Waals surface area contributed by atoms with Crippen LogP contribution in [0.4, 0.5) is 4.39 Å². The Morgan fingerprint density at radius 3 is 3.00 bits per heavy atom. The number of nitrogens with zero attached hydrogens (tertiary/aromatic N) is 1. The lowest BCUT2D eigenvalue weighted by Crippen LogP contribution is -2.23. The third-order valence-electron chi connectivity index (χ3n) is 2.04. The summed E-state index contributed by atoms with van der Waals surface area (Å²) in [4.78, 5) is 2.16. The van der Waals surface area contributed by atoms with Gasteiger partial charge >= 0.3 is 0 Å². The first-order valence-corrected chi connectivity index (χ1v) is 4.18. The predicted octanol–water partition coefficient (Wildman–Crippen LogP) is 1.07. The van der Waals surface area contributed by atoms with E-state index >= 15 is 0 Å². The van der Waals surface area contributed by atoms with Crippen LogP contribution in [-0.4, -0.2) is 44.4 Å². The van der Waals surface area contributed by atoms with Gasteiger partial charge < -0.3 is 9.64 Å². The zero-order chi connectivity index (χ0) is 8.10. The maximum Gasteiger partial charge on any atom is 0.114 e. The fourth-order valence-corrected chi connectivity index (χ4v) is 1.42. The van der Waals surface area contributed by atoms with Gasteiger partial charge in [0.05, 0.1) is 0 Å². The van der Waals surface area contributed by atoms with Crippen molar-refractivity contribution in [3.8, 4) is 0 Å². The van der Waals surface area contributed by atoms with Crippen molar-refractivity contribution in [2.75, 3.05) is 33.4 Å². The average Bonchev–Trinajstić information content (AvgIpc) is 2.37. The van der Waals surface area contributed by atoms with Crippen LogP contribution in [0.2, 0.25) is 0 Å². The minimum absolute atomic E-state index is 0.586. The Labute approximate surface area is 67.3 Å². The predicted molar refractivity (Wildman–Crippen MR) is 42.4 cm³/mol. The highest BCUT2D eigenvalue weighted by Gasteiger charge is 2.20. The molecule has 0 N–H and O–H groups in total. The second-order valence-corrected chi connectivity index (χ2v) is 3.03. The van der Waals surface area contributed by atoms with Gasteiger partial charge in [0.1, 0.15) is 6.17 Å². The highest BCUT2D eigenvalue weighted by Crippen LogP contribution is 2.11. The summed E-state index contributed by atoms with van der Waals surface area (Å²) in [6.45, 7) is 3.32. The molecule has 1 fully saturated rings. The van der Waals surface area contributed by atoms with Crippen LogP contribution in [0.1, 0.15) is 12.8 Å². The topological polar surface area (TPSA) is 12.5 Å². The molecule has 0 saturated carbocycles. The van der Waals surface area contributed by atoms with Crippen molar-refractivity contribution in [3.63, 3.8) is 0 Å². The van der Waals surface area contributed by atoms with Gasteiger partial charge in [-0.15, -0.1) is 0 Å². The Kier molecular flexibility index (Phi) is 3.80. The van der Waals surface area contributed by atoms with Gasteiger partial charge in [-0.2, -0.15) is 0 Å². The first-order valence-electron chi connectivity index (χ1n) is 4.18. The monoisotopic (exact) mass is 161 g/mol. The van der Waals surface area contributed by atoms with Gasteiger partial charge in [0.25, 0.3) is 0 Å². The van der Waals surface area contributed by atoms with Crippen molar-refractivity contribution in [3.05, 3.63) is 0 Å². The third-order valence-corrected chi connectivity index (χ3v) is 2.04. The van der Waals surface area contributed by atoms with E-state index in [1.54, 1.807) is 7.11 Å². The van der Waals surface area contributed by atoms with Crippen molar-refractivity contribution in [2.45, 2.75) is 19.0 Å². The maximum absolute atomic E-state index is 12.6. The Hall–Kier alpha value is -0.150. The van der Waals surface area contributed by atoms with Crippen LogP contribution >= 0.6 is 0 Å². The van der Waals surface area contributed by atoms with Gasteiger partial charge in [-0.25, -0.2) is 4.39 Å². The van der Waals surface area contributed by atoms with Crippen molar-refractivity contribution < 1.29 is 9.13 Å². The highest BCUT2D eigenvalue weighted by atomic mass is 19.1. The third kappa shape index (κ3) is 3.16. The van der Waals surface area contributed by atoms with E-state index in [2.05, 4.69) is 4.90 Å². The van der Waals surface area contributed by atoms with E-state index in [0.29, 0.717) is 13.0 Å². The molecule has 0 unspecified atom stereocenters. The zero-order valence-corrected chi connectivity index (χ0v) is 7.05. The van der Waals surface area contributed by atoms with E-state index in [9.17, 15) is 4.39 Å². The SMILES string of the molecule is COCCCN1CC[C@H](F)C1. The van der Waals surface area contributed by atoms with Crippen LogP contribution in [0.15, 0.2) is 0 Å². The molecule has 1 saturated heterocycles. The lowest BCUT2D eigenvalue weighted by molar-refractivity contribution is 0.177. The van der Waals surface area contributed by atoms with E-state index in [1.807, 2.05) is 0 Å². The van der Waals surface area contributed by atoms with Crippen molar-refractivity contribution in [1.29, 1.82) is 0 Å². The van der Waals surface area contributed by atoms with Crippen LogP contribution < -0.4 is 0 Å². The molecule has 0 aliphatic carbocycles. The molecule has 0 aromatic rings. The molecule has 2 nitrogen and oxygen atoms in total. The van der Waals surface area contributed by atoms with Gasteiger partial charge in [-0.05, 0) is 12.8 Å². The molecule has 1 rings (SSSR count). The maximum atomic E-state index is 12.6. The molecular formula is C8H16FNO. The summed E-state index contributed by atoms with van der Waals surface area (Å²) in [7, 11) is 1.70. The Morgan fingerprint density at radius 2 is 2.45 bits per heavy atom. The molecule has 66 valence electrons. The number of ether oxygens (including phenoxy) is 1. The van der Waals surface area contributed by atoms with Gasteiger partial charge in [0, 0.05) is 33.4 Å². The lowest BCUT2D eigenvalue weighted by atomic mass is 10.3. The smallest absolute Gasteiger partial charge is 0.114 e. The number of hydrogen-bond acceptors (Lipinski definition) is 2. The Bertz CT molecular complexity index is 110. The molecule has 1 aliphatic heterocycles. The van der Waals surface area contributed by atoms with E-state index in [-0.39, 0.29) is 0 Å². The summed E-state index contributed by atoms with van der Waals surface area (Å²) < 4.78 is 17.5. The molecule has 0 aromatic heterocycles. The molecule has 3 heteroatoms. The van der Waals surface area contributed by atoms with Crippen LogP contribution in [0, 0.1) is 0 Å². The van der Waals surface area contributed by atoms with Crippen molar-refractivity contribution >= 4 is 0 Å². The molecule has 0 bridgehead atoms. The molecular weight excluding hydrogens is 145 g/mol.